The topological polar surface area (TPSA) is 53.1 Å². The second kappa shape index (κ2) is 8.40. The van der Waals surface area contributed by atoms with Gasteiger partial charge in [0.05, 0.1) is 5.69 Å². The van der Waals surface area contributed by atoms with E-state index in [9.17, 15) is 8.78 Å². The van der Waals surface area contributed by atoms with Gasteiger partial charge in [0.1, 0.15) is 17.5 Å². The van der Waals surface area contributed by atoms with E-state index in [2.05, 4.69) is 25.5 Å². The molecule has 0 radical (unpaired) electrons. The highest BCUT2D eigenvalue weighted by Crippen LogP contribution is 2.39. The molecule has 0 aliphatic heterocycles. The van der Waals surface area contributed by atoms with E-state index < -0.39 is 11.6 Å². The lowest BCUT2D eigenvalue weighted by molar-refractivity contribution is 0.405. The van der Waals surface area contributed by atoms with E-state index in [4.69, 9.17) is 0 Å². The van der Waals surface area contributed by atoms with Gasteiger partial charge in [-0.3, -0.25) is 0 Å². The second-order valence-corrected chi connectivity index (χ2v) is 6.99. The molecule has 1 saturated carbocycles. The minimum atomic E-state index is -0.577. The summed E-state index contributed by atoms with van der Waals surface area (Å²) < 4.78 is 26.6. The monoisotopic (exact) mass is 361 g/mol. The minimum absolute atomic E-state index is 0.301. The van der Waals surface area contributed by atoms with Crippen LogP contribution in [0.3, 0.4) is 0 Å². The Morgan fingerprint density at radius 3 is 2.42 bits per heavy atom. The van der Waals surface area contributed by atoms with Gasteiger partial charge >= 0.3 is 0 Å². The smallest absolute Gasteiger partial charge is 0.224 e. The molecule has 1 fully saturated rings. The van der Waals surface area contributed by atoms with Gasteiger partial charge in [-0.25, -0.2) is 13.8 Å². The number of anilines is 2. The van der Waals surface area contributed by atoms with Gasteiger partial charge in [0, 0.05) is 31.1 Å². The largest absolute Gasteiger partial charge is 0.366 e. The number of rotatable bonds is 9. The maximum absolute atomic E-state index is 13.3. The molecule has 0 unspecified atom stereocenters. The van der Waals surface area contributed by atoms with Gasteiger partial charge < -0.3 is 15.5 Å². The first-order chi connectivity index (χ1) is 12.5. The van der Waals surface area contributed by atoms with Crippen LogP contribution in [0.4, 0.5) is 20.5 Å². The molecule has 0 atom stereocenters. The molecule has 1 aliphatic rings. The predicted octanol–water partition coefficient (Wildman–Crippen LogP) is 3.61. The summed E-state index contributed by atoms with van der Waals surface area (Å²) >= 11 is 0. The van der Waals surface area contributed by atoms with Crippen molar-refractivity contribution in [3.05, 3.63) is 47.2 Å². The number of aromatic nitrogens is 2. The molecule has 1 heterocycles. The van der Waals surface area contributed by atoms with Gasteiger partial charge in [0.25, 0.3) is 0 Å². The first-order valence-electron chi connectivity index (χ1n) is 8.96. The summed E-state index contributed by atoms with van der Waals surface area (Å²) in [5.41, 5.74) is 1.55. The third-order valence-corrected chi connectivity index (χ3v) is 4.20. The molecule has 0 saturated heterocycles. The summed E-state index contributed by atoms with van der Waals surface area (Å²) in [5, 5.41) is 6.43. The number of halogens is 2. The highest BCUT2D eigenvalue weighted by Gasteiger charge is 2.26. The maximum atomic E-state index is 13.3. The van der Waals surface area contributed by atoms with Gasteiger partial charge in [-0.05, 0) is 57.6 Å². The molecular weight excluding hydrogens is 336 g/mol. The Morgan fingerprint density at radius 1 is 1.04 bits per heavy atom. The number of nitrogens with one attached hydrogen (secondary N) is 2. The zero-order valence-electron chi connectivity index (χ0n) is 15.2. The van der Waals surface area contributed by atoms with Crippen LogP contribution in [0.2, 0.25) is 0 Å². The number of hydrogen-bond acceptors (Lipinski definition) is 5. The van der Waals surface area contributed by atoms with Crippen molar-refractivity contribution < 1.29 is 8.78 Å². The first kappa shape index (κ1) is 18.5. The normalized spacial score (nSPS) is 13.9. The van der Waals surface area contributed by atoms with E-state index in [1.807, 2.05) is 20.2 Å². The lowest BCUT2D eigenvalue weighted by Crippen LogP contribution is -2.17. The van der Waals surface area contributed by atoms with E-state index in [1.165, 1.54) is 12.1 Å². The minimum Gasteiger partial charge on any atom is -0.366 e. The van der Waals surface area contributed by atoms with Crippen LogP contribution in [0.1, 0.15) is 36.4 Å². The Labute approximate surface area is 152 Å². The third-order valence-electron chi connectivity index (χ3n) is 4.20. The molecule has 140 valence electrons. The Bertz CT molecular complexity index is 726. The van der Waals surface area contributed by atoms with Crippen LogP contribution in [-0.4, -0.2) is 42.1 Å². The summed E-state index contributed by atoms with van der Waals surface area (Å²) in [7, 11) is 4.09. The number of nitrogens with zero attached hydrogens (tertiary/aromatic N) is 3. The lowest BCUT2D eigenvalue weighted by Gasteiger charge is -2.12. The molecule has 3 rings (SSSR count). The van der Waals surface area contributed by atoms with Crippen LogP contribution in [0, 0.1) is 11.6 Å². The standard InChI is InChI=1S/C19H25F2N5/c1-26(2)7-3-6-22-19-24-17(14-4-5-14)11-18(25-19)23-12-13-8-15(20)10-16(21)9-13/h8-11,14H,3-7,12H2,1-2H3,(H2,22,23,24,25). The molecule has 0 spiro atoms. The van der Waals surface area contributed by atoms with Crippen molar-refractivity contribution in [3.63, 3.8) is 0 Å². The zero-order chi connectivity index (χ0) is 18.5. The molecule has 7 heteroatoms. The molecule has 2 N–H and O–H groups in total. The molecule has 1 aliphatic carbocycles. The summed E-state index contributed by atoms with van der Waals surface area (Å²) in [6.07, 6.45) is 3.28. The Hall–Kier alpha value is -2.28. The summed E-state index contributed by atoms with van der Waals surface area (Å²) in [6, 6.07) is 5.44. The van der Waals surface area contributed by atoms with Gasteiger partial charge in [-0.1, -0.05) is 0 Å². The summed E-state index contributed by atoms with van der Waals surface area (Å²) in [6.45, 7) is 2.09. The van der Waals surface area contributed by atoms with Crippen LogP contribution >= 0.6 is 0 Å². The van der Waals surface area contributed by atoms with Crippen LogP contribution in [0.25, 0.3) is 0 Å². The maximum Gasteiger partial charge on any atom is 0.224 e. The fourth-order valence-electron chi connectivity index (χ4n) is 2.72. The average molecular weight is 361 g/mol. The SMILES string of the molecule is CN(C)CCCNc1nc(NCc2cc(F)cc(F)c2)cc(C2CC2)n1. The number of benzene rings is 1. The highest BCUT2D eigenvalue weighted by molar-refractivity contribution is 5.44. The highest BCUT2D eigenvalue weighted by atomic mass is 19.1. The predicted molar refractivity (Wildman–Crippen MR) is 99.4 cm³/mol. The van der Waals surface area contributed by atoms with Gasteiger partial charge in [-0.2, -0.15) is 4.98 Å². The second-order valence-electron chi connectivity index (χ2n) is 6.99. The zero-order valence-corrected chi connectivity index (χ0v) is 15.2. The van der Waals surface area contributed by atoms with Gasteiger partial charge in [-0.15, -0.1) is 0 Å². The van der Waals surface area contributed by atoms with Gasteiger partial charge in [0.15, 0.2) is 0 Å². The van der Waals surface area contributed by atoms with Gasteiger partial charge in [0.2, 0.25) is 5.95 Å². The van der Waals surface area contributed by atoms with Crippen molar-refractivity contribution >= 4 is 11.8 Å². The summed E-state index contributed by atoms with van der Waals surface area (Å²) in [4.78, 5) is 11.2. The molecule has 0 bridgehead atoms. The van der Waals surface area contributed by atoms with E-state index in [0.717, 1.165) is 44.1 Å². The Morgan fingerprint density at radius 2 is 1.77 bits per heavy atom. The molecule has 1 aromatic carbocycles. The van der Waals surface area contributed by atoms with Crippen LogP contribution in [0.15, 0.2) is 24.3 Å². The van der Waals surface area contributed by atoms with E-state index >= 15 is 0 Å². The molecular formula is C19H25F2N5. The van der Waals surface area contributed by atoms with Crippen molar-refractivity contribution in [2.75, 3.05) is 37.8 Å². The van der Waals surface area contributed by atoms with Crippen molar-refractivity contribution in [1.29, 1.82) is 0 Å². The summed E-state index contributed by atoms with van der Waals surface area (Å²) in [5.74, 6) is 0.605. The molecule has 1 aromatic heterocycles. The molecule has 0 amide bonds. The van der Waals surface area contributed by atoms with Crippen LogP contribution in [0.5, 0.6) is 0 Å². The fourth-order valence-corrected chi connectivity index (χ4v) is 2.72. The van der Waals surface area contributed by atoms with Crippen molar-refractivity contribution in [1.82, 2.24) is 14.9 Å². The molecule has 5 nitrogen and oxygen atoms in total. The molecule has 26 heavy (non-hydrogen) atoms. The first-order valence-corrected chi connectivity index (χ1v) is 8.96. The quantitative estimate of drug-likeness (QED) is 0.668. The van der Waals surface area contributed by atoms with Crippen molar-refractivity contribution in [2.45, 2.75) is 31.7 Å². The Kier molecular flexibility index (Phi) is 5.98. The van der Waals surface area contributed by atoms with Crippen LogP contribution in [-0.2, 0) is 6.54 Å². The third kappa shape index (κ3) is 5.62. The average Bonchev–Trinajstić information content (AvgIpc) is 3.41. The van der Waals surface area contributed by atoms with E-state index in [0.29, 0.717) is 29.8 Å². The Balaban J connectivity index is 1.65. The van der Waals surface area contributed by atoms with E-state index in [1.54, 1.807) is 0 Å². The molecule has 2 aromatic rings. The fraction of sp³-hybridized carbons (Fsp3) is 0.474. The van der Waals surface area contributed by atoms with Crippen LogP contribution < -0.4 is 10.6 Å². The number of hydrogen-bond donors (Lipinski definition) is 2. The van der Waals surface area contributed by atoms with Crippen molar-refractivity contribution in [2.24, 2.45) is 0 Å². The lowest BCUT2D eigenvalue weighted by atomic mass is 10.2. The van der Waals surface area contributed by atoms with E-state index in [-0.39, 0.29) is 0 Å². The van der Waals surface area contributed by atoms with Crippen molar-refractivity contribution in [3.8, 4) is 0 Å².